The number of hydrogen-bond donors (Lipinski definition) is 1. The number of aryl methyl sites for hydroxylation is 1. The van der Waals surface area contributed by atoms with Crippen molar-refractivity contribution in [3.8, 4) is 5.75 Å². The van der Waals surface area contributed by atoms with Crippen molar-refractivity contribution in [2.45, 2.75) is 45.7 Å². The highest BCUT2D eigenvalue weighted by molar-refractivity contribution is 7.89. The molecule has 0 saturated heterocycles. The zero-order valence-electron chi connectivity index (χ0n) is 19.4. The lowest BCUT2D eigenvalue weighted by atomic mass is 10.1. The number of carbonyl (C=O) groups excluding carboxylic acids is 1. The molecule has 3 aromatic rings. The van der Waals surface area contributed by atoms with Crippen molar-refractivity contribution < 1.29 is 22.7 Å². The van der Waals surface area contributed by atoms with Crippen LogP contribution in [0.1, 0.15) is 46.7 Å². The second-order valence-electron chi connectivity index (χ2n) is 7.61. The summed E-state index contributed by atoms with van der Waals surface area (Å²) >= 11 is 0. The van der Waals surface area contributed by atoms with E-state index in [0.717, 1.165) is 16.8 Å². The average molecular weight is 471 g/mol. The van der Waals surface area contributed by atoms with Gasteiger partial charge in [0.25, 0.3) is 0 Å². The minimum absolute atomic E-state index is 0.109. The highest BCUT2D eigenvalue weighted by atomic mass is 32.2. The van der Waals surface area contributed by atoms with Gasteiger partial charge in [0.2, 0.25) is 10.0 Å². The Labute approximate surface area is 195 Å². The van der Waals surface area contributed by atoms with E-state index in [9.17, 15) is 13.2 Å². The molecular weight excluding hydrogens is 440 g/mol. The number of ether oxygens (including phenoxy) is 2. The Morgan fingerprint density at radius 3 is 2.21 bits per heavy atom. The van der Waals surface area contributed by atoms with Crippen molar-refractivity contribution in [2.75, 3.05) is 13.2 Å². The molecule has 7 nitrogen and oxygen atoms in total. The van der Waals surface area contributed by atoms with Crippen molar-refractivity contribution in [3.05, 3.63) is 82.7 Å². The van der Waals surface area contributed by atoms with E-state index in [4.69, 9.17) is 9.47 Å². The predicted octanol–water partition coefficient (Wildman–Crippen LogP) is 4.60. The number of nitrogens with zero attached hydrogens (tertiary/aromatic N) is 1. The second-order valence-corrected chi connectivity index (χ2v) is 9.55. The van der Waals surface area contributed by atoms with Gasteiger partial charge in [-0.15, -0.1) is 0 Å². The maximum Gasteiger partial charge on any atom is 0.355 e. The smallest absolute Gasteiger partial charge is 0.355 e. The number of benzene rings is 2. The fraction of sp³-hybridized carbons (Fsp3) is 0.320. The number of esters is 1. The molecule has 8 heteroatoms. The van der Waals surface area contributed by atoms with Crippen LogP contribution in [0.15, 0.2) is 59.5 Å². The van der Waals surface area contributed by atoms with Crippen LogP contribution in [0.3, 0.4) is 0 Å². The first kappa shape index (κ1) is 24.5. The molecule has 1 heterocycles. The maximum absolute atomic E-state index is 13.7. The third kappa shape index (κ3) is 5.64. The van der Waals surface area contributed by atoms with Crippen LogP contribution in [-0.4, -0.2) is 36.9 Å². The number of aromatic nitrogens is 1. The molecule has 0 aliphatic carbocycles. The summed E-state index contributed by atoms with van der Waals surface area (Å²) in [6.07, 6.45) is 0. The first-order valence-electron chi connectivity index (χ1n) is 10.9. The van der Waals surface area contributed by atoms with E-state index in [-0.39, 0.29) is 24.6 Å². The summed E-state index contributed by atoms with van der Waals surface area (Å²) in [7, 11) is -3.84. The van der Waals surface area contributed by atoms with Gasteiger partial charge >= 0.3 is 5.97 Å². The van der Waals surface area contributed by atoms with E-state index in [1.807, 2.05) is 44.2 Å². The van der Waals surface area contributed by atoms with Crippen molar-refractivity contribution in [1.29, 1.82) is 0 Å². The van der Waals surface area contributed by atoms with Crippen molar-refractivity contribution in [2.24, 2.45) is 0 Å². The van der Waals surface area contributed by atoms with Crippen LogP contribution in [0.25, 0.3) is 0 Å². The second kappa shape index (κ2) is 10.7. The van der Waals surface area contributed by atoms with E-state index in [0.29, 0.717) is 23.6 Å². The van der Waals surface area contributed by atoms with Crippen LogP contribution >= 0.6 is 0 Å². The zero-order valence-corrected chi connectivity index (χ0v) is 20.2. The molecule has 1 N–H and O–H groups in total. The van der Waals surface area contributed by atoms with Crippen LogP contribution in [0, 0.1) is 13.8 Å². The molecule has 0 bridgehead atoms. The summed E-state index contributed by atoms with van der Waals surface area (Å²) in [5.74, 6) is 0.163. The number of aromatic amines is 1. The van der Waals surface area contributed by atoms with Crippen LogP contribution < -0.4 is 4.74 Å². The molecule has 0 fully saturated rings. The third-order valence-corrected chi connectivity index (χ3v) is 7.19. The molecule has 0 aliphatic heterocycles. The highest BCUT2D eigenvalue weighted by Crippen LogP contribution is 2.27. The molecule has 0 amide bonds. The fourth-order valence-corrected chi connectivity index (χ4v) is 5.04. The fourth-order valence-electron chi connectivity index (χ4n) is 3.65. The lowest BCUT2D eigenvalue weighted by molar-refractivity contribution is 0.0519. The van der Waals surface area contributed by atoms with E-state index < -0.39 is 16.0 Å². The monoisotopic (exact) mass is 470 g/mol. The summed E-state index contributed by atoms with van der Waals surface area (Å²) in [5.41, 5.74) is 3.39. The lowest BCUT2D eigenvalue weighted by Crippen LogP contribution is -2.30. The molecule has 2 aromatic carbocycles. The molecule has 3 rings (SSSR count). The molecule has 0 radical (unpaired) electrons. The van der Waals surface area contributed by atoms with Gasteiger partial charge in [-0.25, -0.2) is 13.2 Å². The predicted molar refractivity (Wildman–Crippen MR) is 127 cm³/mol. The summed E-state index contributed by atoms with van der Waals surface area (Å²) in [6, 6.07) is 15.8. The largest absolute Gasteiger partial charge is 0.494 e. The number of rotatable bonds is 10. The average Bonchev–Trinajstić information content (AvgIpc) is 3.08. The Balaban J connectivity index is 1.99. The van der Waals surface area contributed by atoms with E-state index in [2.05, 4.69) is 4.98 Å². The topological polar surface area (TPSA) is 88.7 Å². The molecule has 0 spiro atoms. The minimum atomic E-state index is -3.84. The van der Waals surface area contributed by atoms with Gasteiger partial charge in [-0.3, -0.25) is 0 Å². The minimum Gasteiger partial charge on any atom is -0.494 e. The van der Waals surface area contributed by atoms with Gasteiger partial charge in [0, 0.05) is 18.8 Å². The van der Waals surface area contributed by atoms with E-state index in [1.165, 1.54) is 4.31 Å². The van der Waals surface area contributed by atoms with Crippen molar-refractivity contribution in [1.82, 2.24) is 9.29 Å². The van der Waals surface area contributed by atoms with E-state index >= 15 is 0 Å². The molecule has 1 aromatic heterocycles. The molecule has 0 atom stereocenters. The Kier molecular flexibility index (Phi) is 7.94. The van der Waals surface area contributed by atoms with Crippen LogP contribution in [0.4, 0.5) is 0 Å². The summed E-state index contributed by atoms with van der Waals surface area (Å²) in [5, 5.41) is 0. The summed E-state index contributed by atoms with van der Waals surface area (Å²) in [4.78, 5) is 15.6. The van der Waals surface area contributed by atoms with Gasteiger partial charge in [0.15, 0.2) is 0 Å². The first-order valence-corrected chi connectivity index (χ1v) is 12.3. The quantitative estimate of drug-likeness (QED) is 0.438. The van der Waals surface area contributed by atoms with Gasteiger partial charge in [0.1, 0.15) is 11.4 Å². The summed E-state index contributed by atoms with van der Waals surface area (Å²) in [6.45, 7) is 8.31. The Hall–Kier alpha value is -3.10. The number of carbonyl (C=O) groups is 1. The number of nitrogens with one attached hydrogen (secondary N) is 1. The molecular formula is C25H30N2O5S. The Morgan fingerprint density at radius 1 is 0.939 bits per heavy atom. The zero-order chi connectivity index (χ0) is 24.0. The standard InChI is InChI=1S/C25H30N2O5S/c1-5-31-21-12-14-22(15-13-21)33(29,30)27(16-20-10-8-7-9-11-20)17-23-18(3)24(26-19(23)4)25(28)32-6-2/h7-15,26H,5-6,16-17H2,1-4H3. The number of hydrogen-bond acceptors (Lipinski definition) is 5. The van der Waals surface area contributed by atoms with Gasteiger partial charge in [-0.1, -0.05) is 30.3 Å². The van der Waals surface area contributed by atoms with Gasteiger partial charge in [-0.2, -0.15) is 4.31 Å². The highest BCUT2D eigenvalue weighted by Gasteiger charge is 2.28. The van der Waals surface area contributed by atoms with Crippen LogP contribution in [0.2, 0.25) is 0 Å². The molecule has 33 heavy (non-hydrogen) atoms. The third-order valence-electron chi connectivity index (χ3n) is 5.38. The van der Waals surface area contributed by atoms with E-state index in [1.54, 1.807) is 38.1 Å². The molecule has 176 valence electrons. The van der Waals surface area contributed by atoms with Gasteiger partial charge in [-0.05, 0) is 68.7 Å². The SMILES string of the molecule is CCOC(=O)c1[nH]c(C)c(CN(Cc2ccccc2)S(=O)(=O)c2ccc(OCC)cc2)c1C. The van der Waals surface area contributed by atoms with Crippen LogP contribution in [0.5, 0.6) is 5.75 Å². The van der Waals surface area contributed by atoms with Crippen molar-refractivity contribution in [3.63, 3.8) is 0 Å². The maximum atomic E-state index is 13.7. The molecule has 0 saturated carbocycles. The van der Waals surface area contributed by atoms with Crippen molar-refractivity contribution >= 4 is 16.0 Å². The number of H-pyrrole nitrogens is 1. The number of sulfonamides is 1. The Bertz CT molecular complexity index is 1190. The van der Waals surface area contributed by atoms with Crippen LogP contribution in [-0.2, 0) is 27.8 Å². The first-order chi connectivity index (χ1) is 15.8. The van der Waals surface area contributed by atoms with Gasteiger partial charge in [0.05, 0.1) is 18.1 Å². The molecule has 0 aliphatic rings. The normalized spacial score (nSPS) is 11.5. The Morgan fingerprint density at radius 2 is 1.61 bits per heavy atom. The molecule has 0 unspecified atom stereocenters. The van der Waals surface area contributed by atoms with Gasteiger partial charge < -0.3 is 14.5 Å². The summed E-state index contributed by atoms with van der Waals surface area (Å²) < 4.78 is 39.3. The lowest BCUT2D eigenvalue weighted by Gasteiger charge is -2.23.